The minimum Gasteiger partial charge on any atom is -0.493 e. The third kappa shape index (κ3) is 17.6. The van der Waals surface area contributed by atoms with E-state index in [1.807, 2.05) is 63.2 Å². The first-order valence-electron chi connectivity index (χ1n) is 35.1. The first-order chi connectivity index (χ1) is 49.8. The van der Waals surface area contributed by atoms with Crippen LogP contribution in [0.1, 0.15) is 126 Å². The van der Waals surface area contributed by atoms with Gasteiger partial charge in [0, 0.05) is 81.9 Å². The number of alkyl halides is 3. The van der Waals surface area contributed by atoms with Crippen LogP contribution < -0.4 is 27.9 Å². The highest BCUT2D eigenvalue weighted by molar-refractivity contribution is 7.88. The summed E-state index contributed by atoms with van der Waals surface area (Å²) < 4.78 is 112. The number of aliphatic carboxylic acids is 1. The molecule has 0 unspecified atom stereocenters. The monoisotopic (exact) mass is 1500 g/mol. The lowest BCUT2D eigenvalue weighted by molar-refractivity contribution is -0.146. The number of halogens is 3. The van der Waals surface area contributed by atoms with Crippen molar-refractivity contribution < 1.29 is 102 Å². The van der Waals surface area contributed by atoms with Gasteiger partial charge in [0.2, 0.25) is 0 Å². The first-order valence-corrected chi connectivity index (χ1v) is 42.9. The smallest absolute Gasteiger partial charge is 0.493 e. The van der Waals surface area contributed by atoms with Crippen molar-refractivity contribution in [3.8, 4) is 64.4 Å². The van der Waals surface area contributed by atoms with Crippen LogP contribution in [0.15, 0.2) is 103 Å². The van der Waals surface area contributed by atoms with E-state index in [0.29, 0.717) is 62.9 Å². The van der Waals surface area contributed by atoms with Gasteiger partial charge < -0.3 is 51.9 Å². The number of terminal acetylenes is 1. The number of fused-ring (bicyclic) bond motifs is 15. The van der Waals surface area contributed by atoms with Crippen LogP contribution in [0.5, 0.6) is 34.5 Å². The maximum absolute atomic E-state index is 12.3. The van der Waals surface area contributed by atoms with Crippen molar-refractivity contribution in [3.05, 3.63) is 153 Å². The number of ether oxygens (including phenoxy) is 9. The number of esters is 4. The second-order valence-corrected chi connectivity index (χ2v) is 38.1. The van der Waals surface area contributed by atoms with Crippen LogP contribution in [0.25, 0.3) is 0 Å². The van der Waals surface area contributed by atoms with Gasteiger partial charge in [-0.1, -0.05) is 86.2 Å². The topological polar surface area (TPSA) is 273 Å². The van der Waals surface area contributed by atoms with Gasteiger partial charge in [0.15, 0.2) is 5.78 Å². The predicted molar refractivity (Wildman–Crippen MR) is 385 cm³/mol. The summed E-state index contributed by atoms with van der Waals surface area (Å²) in [4.78, 5) is 69.7. The van der Waals surface area contributed by atoms with Crippen LogP contribution in [0.3, 0.4) is 0 Å². The van der Waals surface area contributed by atoms with Gasteiger partial charge in [0.05, 0.1) is 109 Å². The molecule has 0 radical (unpaired) electrons. The zero-order valence-corrected chi connectivity index (χ0v) is 63.3. The van der Waals surface area contributed by atoms with Crippen molar-refractivity contribution in [2.75, 3.05) is 59.5 Å². The summed E-state index contributed by atoms with van der Waals surface area (Å²) in [6.45, 7) is 29.8. The van der Waals surface area contributed by atoms with Crippen molar-refractivity contribution in [1.82, 2.24) is 0 Å². The van der Waals surface area contributed by atoms with Gasteiger partial charge >= 0.3 is 45.5 Å². The summed E-state index contributed by atoms with van der Waals surface area (Å²) in [6.07, 6.45) is 5.30. The minimum atomic E-state index is -5.74. The number of carbonyl (C=O) groups excluding carboxylic acids is 5. The molecule has 5 aromatic rings. The van der Waals surface area contributed by atoms with Gasteiger partial charge in [-0.2, -0.15) is 26.9 Å². The largest absolute Gasteiger partial charge is 0.534 e. The average molecular weight is 1500 g/mol. The SMILES string of the molecule is C#Cc1ccc2c(c1)OC[C@H]1[C@@H](C(=O)O)[C@@H]21.C=C(C)[SiH](C)C.CCOC(=O)[C@@H]1[C@@H]2COc3cc(C#C[Si](C)(C)C)ccc3[C@@H]21.CCOC(=O)[C@@H]1[C@@H]2COc3cc(C#N)ccc3[C@@H]21.CCOC(=O)[C@@H]1[C@@H]2COc3cc(C(C)=O)ccc3[C@@H]21.CCOC(=O)[C@@H]1[C@@H]2COc3cc(OS(=O)(=O)C(F)(F)F)ccc3[C@@H]21. The summed E-state index contributed by atoms with van der Waals surface area (Å²) in [5.41, 5.74) is 5.65. The van der Waals surface area contributed by atoms with Crippen LogP contribution in [0.2, 0.25) is 32.7 Å². The molecule has 5 heterocycles. The van der Waals surface area contributed by atoms with Gasteiger partial charge in [-0.15, -0.1) is 18.5 Å². The Hall–Kier alpha value is -9.56. The fraction of sp³-hybridized carbons (Fsp3) is 0.456. The Kier molecular flexibility index (Phi) is 23.8. The number of nitriles is 1. The summed E-state index contributed by atoms with van der Waals surface area (Å²) in [6, 6.07) is 28.2. The maximum Gasteiger partial charge on any atom is 0.534 e. The lowest BCUT2D eigenvalue weighted by Crippen LogP contribution is -2.28. The molecule has 0 spiro atoms. The lowest BCUT2D eigenvalue weighted by Gasteiger charge is -2.17. The van der Waals surface area contributed by atoms with E-state index >= 15 is 0 Å². The molecule has 10 aliphatic rings. The van der Waals surface area contributed by atoms with Gasteiger partial charge in [-0.3, -0.25) is 28.8 Å². The molecule has 0 bridgehead atoms. The van der Waals surface area contributed by atoms with Crippen molar-refractivity contribution in [2.45, 2.75) is 109 Å². The van der Waals surface area contributed by atoms with E-state index in [4.69, 9.17) is 59.4 Å². The molecule has 26 heteroatoms. The molecule has 105 heavy (non-hydrogen) atoms. The second-order valence-electron chi connectivity index (χ2n) is 28.5. The lowest BCUT2D eigenvalue weighted by atomic mass is 10.0. The van der Waals surface area contributed by atoms with Gasteiger partial charge in [-0.05, 0) is 118 Å². The fourth-order valence-corrected chi connectivity index (χ4v) is 15.1. The summed E-state index contributed by atoms with van der Waals surface area (Å²) in [5, 5.41) is 19.3. The molecular weight excluding hydrogens is 1410 g/mol. The molecule has 5 aromatic carbocycles. The third-order valence-corrected chi connectivity index (χ3v) is 23.9. The standard InChI is InChI=1S/C18H22O3Si.C15H16O4.C14H13F3O6S.C14H13NO3.C13H10O3.C5H12Si/c1-5-20-18(19)17-14-11-21-15-10-12(8-9-22(2,3)4)6-7-13(15)16(14)17;1-3-18-15(17)14-11-7-19-12-6-9(8(2)16)4-5-10(12)13(11)14;1-2-21-13(18)12-9-6-22-10-5-7(3-4-8(10)11(9)12)23-24(19,20)14(15,16)17;1-2-17-14(16)13-10-7-18-11-5-8(6-15)3-4-9(11)12(10)13;1-2-7-3-4-8-10(5-7)16-6-9-11(8)12(9)13(14)15;1-5(2)6(3)4/h6-7,10,14,16-17H,5,11H2,1-4H3;4-6,11,13-14H,3,7H2,1-2H3;3-5,9,11-12H,2,6H2,1H3;3-5,10,12-13H,2,7H2,1H3;1,3-5,9,11-12H,6H2,(H,14,15);6H,1H2,2-4H3/t14-,16+,17-;11-,13+,14-;9-,11+,12-;10-,12+,13-;9-,11+,12-;/m11111./s1. The average Bonchev–Trinajstić information content (AvgIpc) is 1.60. The zero-order valence-electron chi connectivity index (χ0n) is 60.3. The number of carboxylic acids is 1. The van der Waals surface area contributed by atoms with E-state index in [1.165, 1.54) is 18.2 Å². The van der Waals surface area contributed by atoms with Crippen LogP contribution in [0.4, 0.5) is 13.2 Å². The summed E-state index contributed by atoms with van der Waals surface area (Å²) in [5.74, 6) is 7.91. The molecule has 556 valence electrons. The van der Waals surface area contributed by atoms with Crippen LogP contribution in [-0.2, 0) is 53.0 Å². The molecule has 0 amide bonds. The Morgan fingerprint density at radius 2 is 0.876 bits per heavy atom. The van der Waals surface area contributed by atoms with Gasteiger partial charge in [0.1, 0.15) is 42.6 Å². The molecule has 0 aromatic heterocycles. The molecular formula is C79H86F3NO19SSi2. The second kappa shape index (κ2) is 32.0. The predicted octanol–water partition coefficient (Wildman–Crippen LogP) is 12.5. The third-order valence-electron chi connectivity index (χ3n) is 20.1. The highest BCUT2D eigenvalue weighted by Crippen LogP contribution is 2.63. The zero-order chi connectivity index (χ0) is 76.3. The molecule has 5 aliphatic heterocycles. The number of rotatable bonds is 13. The highest BCUT2D eigenvalue weighted by atomic mass is 32.2. The van der Waals surface area contributed by atoms with Crippen LogP contribution in [0, 0.1) is 94.3 Å². The molecule has 5 fully saturated rings. The van der Waals surface area contributed by atoms with E-state index in [2.05, 4.69) is 79.9 Å². The normalized spacial score (nSPS) is 25.5. The van der Waals surface area contributed by atoms with Crippen molar-refractivity contribution in [3.63, 3.8) is 0 Å². The summed E-state index contributed by atoms with van der Waals surface area (Å²) >= 11 is 0. The fourth-order valence-electron chi connectivity index (χ4n) is 14.1. The summed E-state index contributed by atoms with van der Waals surface area (Å²) in [7, 11) is -7.56. The Morgan fingerprint density at radius 3 is 1.22 bits per heavy atom. The molecule has 15 rings (SSSR count). The van der Waals surface area contributed by atoms with E-state index in [1.54, 1.807) is 31.2 Å². The first kappa shape index (κ1) is 78.0. The molecule has 0 saturated heterocycles. The minimum absolute atomic E-state index is 0.0197. The number of carbonyl (C=O) groups is 6. The maximum atomic E-state index is 12.3. The Morgan fingerprint density at radius 1 is 0.552 bits per heavy atom. The molecule has 5 saturated carbocycles. The number of ketones is 1. The number of Topliss-reactive ketones (excluding diaryl/α,β-unsaturated/α-hetero) is 1. The Labute approximate surface area is 612 Å². The van der Waals surface area contributed by atoms with Gasteiger partial charge in [-0.25, -0.2) is 0 Å². The van der Waals surface area contributed by atoms with Crippen molar-refractivity contribution >= 4 is 62.6 Å². The number of nitrogens with zero attached hydrogens (tertiary/aromatic N) is 1. The number of hydrogen-bond donors (Lipinski definition) is 1. The van der Waals surface area contributed by atoms with Crippen LogP contribution in [-0.4, -0.2) is 131 Å². The van der Waals surface area contributed by atoms with Crippen molar-refractivity contribution in [1.29, 1.82) is 5.26 Å². The Bertz CT molecular complexity index is 4490. The van der Waals surface area contributed by atoms with Gasteiger partial charge in [0.25, 0.3) is 0 Å². The Balaban J connectivity index is 0.000000139. The number of carboxylic acid groups (broad SMARTS) is 1. The van der Waals surface area contributed by atoms with E-state index in [-0.39, 0.29) is 137 Å². The van der Waals surface area contributed by atoms with E-state index in [9.17, 15) is 50.4 Å². The number of hydrogen-bond acceptors (Lipinski definition) is 19. The quantitative estimate of drug-likeness (QED) is 0.0218. The van der Waals surface area contributed by atoms with Crippen molar-refractivity contribution in [2.24, 2.45) is 59.2 Å². The van der Waals surface area contributed by atoms with Crippen LogP contribution >= 0.6 is 0 Å². The highest BCUT2D eigenvalue weighted by Gasteiger charge is 2.63. The number of benzene rings is 5. The number of allylic oxidation sites excluding steroid dienone is 1. The molecule has 5 aliphatic carbocycles. The molecule has 15 atom stereocenters. The van der Waals surface area contributed by atoms with E-state index < -0.39 is 44.2 Å². The molecule has 20 nitrogen and oxygen atoms in total. The molecule has 1 N–H and O–H groups in total. The van der Waals surface area contributed by atoms with E-state index in [0.717, 1.165) is 68.5 Å².